The lowest BCUT2D eigenvalue weighted by Crippen LogP contribution is -2.16. The van der Waals surface area contributed by atoms with Gasteiger partial charge in [0.2, 0.25) is 0 Å². The van der Waals surface area contributed by atoms with Crippen molar-refractivity contribution in [1.82, 2.24) is 9.97 Å². The summed E-state index contributed by atoms with van der Waals surface area (Å²) >= 11 is 1.86. The van der Waals surface area contributed by atoms with Crippen molar-refractivity contribution in [3.63, 3.8) is 0 Å². The lowest BCUT2D eigenvalue weighted by atomic mass is 10.0. The smallest absolute Gasteiger partial charge is 0.0702 e. The molecule has 0 bridgehead atoms. The standard InChI is InChI=1S/C36H23N3S/c1-3-11-29-24(9-1)16-18-34-35(29)39(33-17-15-25-10-2-4-12-30(25)36(33)40-34)28-22-26(31-13-5-7-19-37-31)21-27(23-28)32-14-6-8-20-38-32/h1-23H. The highest BCUT2D eigenvalue weighted by Crippen LogP contribution is 2.56. The Balaban J connectivity index is 1.46. The molecule has 0 unspecified atom stereocenters. The van der Waals surface area contributed by atoms with E-state index in [0.29, 0.717) is 0 Å². The summed E-state index contributed by atoms with van der Waals surface area (Å²) in [5.41, 5.74) is 7.45. The lowest BCUT2D eigenvalue weighted by Gasteiger charge is -2.35. The van der Waals surface area contributed by atoms with Gasteiger partial charge in [-0.2, -0.15) is 0 Å². The second-order valence-corrected chi connectivity index (χ2v) is 11.0. The van der Waals surface area contributed by atoms with E-state index in [9.17, 15) is 0 Å². The third-order valence-corrected chi connectivity index (χ3v) is 8.68. The zero-order valence-corrected chi connectivity index (χ0v) is 22.3. The SMILES string of the molecule is c1ccc(-c2cc(-c3ccccn3)cc(N3c4ccc5ccccc5c4Sc4ccc5ccccc5c43)c2)nc1. The second-order valence-electron chi connectivity index (χ2n) is 9.90. The normalized spacial score (nSPS) is 12.3. The average Bonchev–Trinajstić information content (AvgIpc) is 3.04. The van der Waals surface area contributed by atoms with Gasteiger partial charge in [-0.3, -0.25) is 9.97 Å². The van der Waals surface area contributed by atoms with Gasteiger partial charge in [0, 0.05) is 44.4 Å². The highest BCUT2D eigenvalue weighted by molar-refractivity contribution is 8.00. The van der Waals surface area contributed by atoms with Crippen molar-refractivity contribution in [2.45, 2.75) is 9.79 Å². The molecule has 0 atom stereocenters. The summed E-state index contributed by atoms with van der Waals surface area (Å²) in [5, 5.41) is 4.96. The van der Waals surface area contributed by atoms with Crippen LogP contribution in [0.1, 0.15) is 0 Å². The fraction of sp³-hybridized carbons (Fsp3) is 0. The van der Waals surface area contributed by atoms with E-state index in [4.69, 9.17) is 9.97 Å². The molecule has 0 radical (unpaired) electrons. The zero-order chi connectivity index (χ0) is 26.5. The summed E-state index contributed by atoms with van der Waals surface area (Å²) in [6, 6.07) is 45.2. The van der Waals surface area contributed by atoms with Crippen molar-refractivity contribution in [3.05, 3.63) is 140 Å². The third kappa shape index (κ3) is 3.76. The van der Waals surface area contributed by atoms with Gasteiger partial charge in [0.15, 0.2) is 0 Å². The molecule has 4 heteroatoms. The summed E-state index contributed by atoms with van der Waals surface area (Å²) in [7, 11) is 0. The Kier molecular flexibility index (Phi) is 5.39. The minimum Gasteiger partial charge on any atom is -0.308 e. The van der Waals surface area contributed by atoms with Crippen molar-refractivity contribution >= 4 is 50.4 Å². The molecular weight excluding hydrogens is 506 g/mol. The molecule has 0 saturated heterocycles. The molecule has 0 spiro atoms. The van der Waals surface area contributed by atoms with Crippen LogP contribution in [-0.2, 0) is 0 Å². The number of aromatic nitrogens is 2. The van der Waals surface area contributed by atoms with Crippen LogP contribution in [0.2, 0.25) is 0 Å². The van der Waals surface area contributed by atoms with E-state index in [1.165, 1.54) is 42.7 Å². The van der Waals surface area contributed by atoms with Crippen molar-refractivity contribution in [2.75, 3.05) is 4.90 Å². The van der Waals surface area contributed by atoms with E-state index in [1.54, 1.807) is 0 Å². The molecule has 0 saturated carbocycles. The van der Waals surface area contributed by atoms with Crippen LogP contribution in [0.15, 0.2) is 150 Å². The van der Waals surface area contributed by atoms with Crippen LogP contribution in [-0.4, -0.2) is 9.97 Å². The van der Waals surface area contributed by atoms with Crippen molar-refractivity contribution < 1.29 is 0 Å². The molecule has 1 aliphatic heterocycles. The first-order chi connectivity index (χ1) is 19.8. The van der Waals surface area contributed by atoms with E-state index in [2.05, 4.69) is 108 Å². The fourth-order valence-corrected chi connectivity index (χ4v) is 6.88. The lowest BCUT2D eigenvalue weighted by molar-refractivity contribution is 1.19. The molecule has 3 heterocycles. The molecule has 2 aromatic heterocycles. The van der Waals surface area contributed by atoms with Crippen LogP contribution < -0.4 is 4.90 Å². The molecule has 1 aliphatic rings. The van der Waals surface area contributed by atoms with Crippen LogP contribution in [0.5, 0.6) is 0 Å². The third-order valence-electron chi connectivity index (χ3n) is 7.50. The van der Waals surface area contributed by atoms with Crippen molar-refractivity contribution in [1.29, 1.82) is 0 Å². The topological polar surface area (TPSA) is 29.0 Å². The quantitative estimate of drug-likeness (QED) is 0.228. The number of pyridine rings is 2. The number of hydrogen-bond acceptors (Lipinski definition) is 4. The van der Waals surface area contributed by atoms with Gasteiger partial charge in [0.05, 0.1) is 22.8 Å². The molecule has 40 heavy (non-hydrogen) atoms. The van der Waals surface area contributed by atoms with Gasteiger partial charge < -0.3 is 4.90 Å². The summed E-state index contributed by atoms with van der Waals surface area (Å²) < 4.78 is 0. The Bertz CT molecular complexity index is 1980. The first-order valence-corrected chi connectivity index (χ1v) is 14.1. The van der Waals surface area contributed by atoms with Crippen LogP contribution >= 0.6 is 11.8 Å². The number of hydrogen-bond donors (Lipinski definition) is 0. The van der Waals surface area contributed by atoms with Gasteiger partial charge in [0.1, 0.15) is 0 Å². The molecule has 8 rings (SSSR count). The average molecular weight is 530 g/mol. The molecule has 3 nitrogen and oxygen atoms in total. The Morgan fingerprint density at radius 2 is 1.12 bits per heavy atom. The number of benzene rings is 5. The molecule has 0 fully saturated rings. The molecule has 7 aromatic rings. The minimum absolute atomic E-state index is 0.935. The summed E-state index contributed by atoms with van der Waals surface area (Å²) in [5.74, 6) is 0. The van der Waals surface area contributed by atoms with E-state index in [0.717, 1.165) is 28.2 Å². The van der Waals surface area contributed by atoms with Gasteiger partial charge >= 0.3 is 0 Å². The number of anilines is 3. The Morgan fingerprint density at radius 1 is 0.525 bits per heavy atom. The fourth-order valence-electron chi connectivity index (χ4n) is 5.66. The Labute approximate surface area is 236 Å². The molecule has 0 amide bonds. The molecule has 188 valence electrons. The van der Waals surface area contributed by atoms with Crippen LogP contribution in [0.3, 0.4) is 0 Å². The zero-order valence-electron chi connectivity index (χ0n) is 21.5. The molecular formula is C36H23N3S. The number of fused-ring (bicyclic) bond motifs is 6. The first kappa shape index (κ1) is 23.0. The van der Waals surface area contributed by atoms with Crippen molar-refractivity contribution in [2.24, 2.45) is 0 Å². The van der Waals surface area contributed by atoms with E-state index in [1.807, 2.05) is 48.4 Å². The number of rotatable bonds is 3. The molecule has 0 aliphatic carbocycles. The van der Waals surface area contributed by atoms with Gasteiger partial charge in [-0.15, -0.1) is 0 Å². The molecule has 5 aromatic carbocycles. The monoisotopic (exact) mass is 529 g/mol. The van der Waals surface area contributed by atoms with E-state index < -0.39 is 0 Å². The van der Waals surface area contributed by atoms with Gasteiger partial charge in [0.25, 0.3) is 0 Å². The van der Waals surface area contributed by atoms with Crippen molar-refractivity contribution in [3.8, 4) is 22.5 Å². The predicted molar refractivity (Wildman–Crippen MR) is 167 cm³/mol. The highest BCUT2D eigenvalue weighted by Gasteiger charge is 2.29. The summed E-state index contributed by atoms with van der Waals surface area (Å²) in [6.07, 6.45) is 3.70. The van der Waals surface area contributed by atoms with Crippen LogP contribution in [0.25, 0.3) is 44.1 Å². The Hall–Kier alpha value is -4.93. The van der Waals surface area contributed by atoms with Crippen LogP contribution in [0, 0.1) is 0 Å². The van der Waals surface area contributed by atoms with E-state index in [-0.39, 0.29) is 0 Å². The largest absolute Gasteiger partial charge is 0.308 e. The Morgan fingerprint density at radius 3 is 1.80 bits per heavy atom. The van der Waals surface area contributed by atoms with Gasteiger partial charge in [-0.25, -0.2) is 0 Å². The summed E-state index contributed by atoms with van der Waals surface area (Å²) in [4.78, 5) is 14.4. The highest BCUT2D eigenvalue weighted by atomic mass is 32.2. The maximum Gasteiger partial charge on any atom is 0.0702 e. The minimum atomic E-state index is 0.935. The van der Waals surface area contributed by atoms with Crippen LogP contribution in [0.4, 0.5) is 17.1 Å². The predicted octanol–water partition coefficient (Wildman–Crippen LogP) is 10.1. The van der Waals surface area contributed by atoms with E-state index >= 15 is 0 Å². The van der Waals surface area contributed by atoms with Gasteiger partial charge in [-0.05, 0) is 70.8 Å². The first-order valence-electron chi connectivity index (χ1n) is 13.3. The van der Waals surface area contributed by atoms with Gasteiger partial charge in [-0.1, -0.05) is 84.6 Å². The number of nitrogens with zero attached hydrogens (tertiary/aromatic N) is 3. The molecule has 0 N–H and O–H groups in total. The maximum absolute atomic E-state index is 4.71. The summed E-state index contributed by atoms with van der Waals surface area (Å²) in [6.45, 7) is 0. The second kappa shape index (κ2) is 9.37. The maximum atomic E-state index is 4.71.